The molecule has 0 aromatic carbocycles. The fourth-order valence-electron chi connectivity index (χ4n) is 3.73. The highest BCUT2D eigenvalue weighted by atomic mass is 15.3. The first kappa shape index (κ1) is 21.9. The van der Waals surface area contributed by atoms with E-state index in [1.165, 1.54) is 52.0 Å². The molecule has 3 atom stereocenters. The van der Waals surface area contributed by atoms with E-state index in [-0.39, 0.29) is 0 Å². The van der Waals surface area contributed by atoms with E-state index in [9.17, 15) is 0 Å². The second kappa shape index (κ2) is 10.8. The summed E-state index contributed by atoms with van der Waals surface area (Å²) in [6, 6.07) is 2.06. The predicted molar refractivity (Wildman–Crippen MR) is 108 cm³/mol. The van der Waals surface area contributed by atoms with E-state index in [4.69, 9.17) is 0 Å². The van der Waals surface area contributed by atoms with Gasteiger partial charge in [0.25, 0.3) is 0 Å². The smallest absolute Gasteiger partial charge is 0.0198 e. The van der Waals surface area contributed by atoms with Crippen molar-refractivity contribution >= 4 is 0 Å². The van der Waals surface area contributed by atoms with Gasteiger partial charge in [-0.1, -0.05) is 20.8 Å². The fraction of sp³-hybridized carbons (Fsp3) is 1.00. The highest BCUT2D eigenvalue weighted by molar-refractivity contribution is 4.85. The Kier molecular flexibility index (Phi) is 9.84. The van der Waals surface area contributed by atoms with Crippen molar-refractivity contribution in [2.45, 2.75) is 85.9 Å². The summed E-state index contributed by atoms with van der Waals surface area (Å²) in [5.41, 5.74) is 0. The van der Waals surface area contributed by atoms with Crippen LogP contribution >= 0.6 is 0 Å². The molecule has 0 aromatic heterocycles. The number of rotatable bonds is 10. The highest BCUT2D eigenvalue weighted by Crippen LogP contribution is 2.19. The summed E-state index contributed by atoms with van der Waals surface area (Å²) in [4.78, 5) is 7.91. The van der Waals surface area contributed by atoms with Crippen LogP contribution in [0, 0.1) is 11.8 Å². The summed E-state index contributed by atoms with van der Waals surface area (Å²) >= 11 is 0. The molecule has 0 saturated carbocycles. The normalized spacial score (nSPS) is 25.1. The number of hydrogen-bond donors (Lipinski definition) is 0. The van der Waals surface area contributed by atoms with Crippen LogP contribution in [0.1, 0.15) is 67.7 Å². The molecule has 1 heterocycles. The second-order valence-corrected chi connectivity index (χ2v) is 9.13. The van der Waals surface area contributed by atoms with Crippen LogP contribution in [-0.4, -0.2) is 72.6 Å². The lowest BCUT2D eigenvalue weighted by Crippen LogP contribution is -2.57. The molecule has 0 bridgehead atoms. The van der Waals surface area contributed by atoms with E-state index in [1.54, 1.807) is 0 Å². The summed E-state index contributed by atoms with van der Waals surface area (Å²) in [6.45, 7) is 22.8. The van der Waals surface area contributed by atoms with Gasteiger partial charge in [0.05, 0.1) is 0 Å². The molecule has 1 aliphatic heterocycles. The Morgan fingerprint density at radius 3 is 1.96 bits per heavy atom. The molecule has 3 nitrogen and oxygen atoms in total. The molecule has 0 aliphatic carbocycles. The van der Waals surface area contributed by atoms with Gasteiger partial charge in [-0.3, -0.25) is 4.90 Å². The molecule has 0 N–H and O–H groups in total. The molecule has 1 fully saturated rings. The second-order valence-electron chi connectivity index (χ2n) is 9.13. The lowest BCUT2D eigenvalue weighted by molar-refractivity contribution is 0.0329. The lowest BCUT2D eigenvalue weighted by atomic mass is 10.00. The summed E-state index contributed by atoms with van der Waals surface area (Å²) in [6.07, 6.45) is 4.00. The van der Waals surface area contributed by atoms with Crippen molar-refractivity contribution in [3.8, 4) is 0 Å². The Bertz CT molecular complexity index is 317. The van der Waals surface area contributed by atoms with Crippen LogP contribution in [0.4, 0.5) is 0 Å². The third-order valence-electron chi connectivity index (χ3n) is 5.94. The molecule has 0 radical (unpaired) electrons. The van der Waals surface area contributed by atoms with E-state index in [1.807, 2.05) is 0 Å². The van der Waals surface area contributed by atoms with Gasteiger partial charge in [0, 0.05) is 31.2 Å². The molecule has 1 aliphatic rings. The minimum absolute atomic E-state index is 0.663. The Hall–Kier alpha value is -0.120. The van der Waals surface area contributed by atoms with Crippen LogP contribution in [0.2, 0.25) is 0 Å². The van der Waals surface area contributed by atoms with Crippen molar-refractivity contribution in [3.63, 3.8) is 0 Å². The Morgan fingerprint density at radius 1 is 0.875 bits per heavy atom. The summed E-state index contributed by atoms with van der Waals surface area (Å²) in [7, 11) is 2.25. The van der Waals surface area contributed by atoms with Gasteiger partial charge >= 0.3 is 0 Å². The van der Waals surface area contributed by atoms with Crippen LogP contribution < -0.4 is 0 Å². The van der Waals surface area contributed by atoms with Gasteiger partial charge in [0.1, 0.15) is 0 Å². The summed E-state index contributed by atoms with van der Waals surface area (Å²) < 4.78 is 0. The lowest BCUT2D eigenvalue weighted by Gasteiger charge is -2.45. The monoisotopic (exact) mass is 339 g/mol. The largest absolute Gasteiger partial charge is 0.304 e. The van der Waals surface area contributed by atoms with E-state index in [2.05, 4.69) is 70.2 Å². The van der Waals surface area contributed by atoms with Crippen molar-refractivity contribution in [3.05, 3.63) is 0 Å². The first-order valence-corrected chi connectivity index (χ1v) is 10.4. The molecule has 1 saturated heterocycles. The minimum Gasteiger partial charge on any atom is -0.304 e. The highest BCUT2D eigenvalue weighted by Gasteiger charge is 2.29. The van der Waals surface area contributed by atoms with Crippen molar-refractivity contribution in [1.82, 2.24) is 14.7 Å². The van der Waals surface area contributed by atoms with Crippen molar-refractivity contribution in [2.24, 2.45) is 11.8 Å². The van der Waals surface area contributed by atoms with E-state index in [0.717, 1.165) is 11.8 Å². The van der Waals surface area contributed by atoms with Gasteiger partial charge in [-0.25, -0.2) is 0 Å². The molecule has 24 heavy (non-hydrogen) atoms. The van der Waals surface area contributed by atoms with E-state index < -0.39 is 0 Å². The number of hydrogen-bond acceptors (Lipinski definition) is 3. The van der Waals surface area contributed by atoms with Gasteiger partial charge < -0.3 is 9.80 Å². The molecule has 0 aromatic rings. The quantitative estimate of drug-likeness (QED) is 0.591. The van der Waals surface area contributed by atoms with E-state index >= 15 is 0 Å². The van der Waals surface area contributed by atoms with Gasteiger partial charge in [0.15, 0.2) is 0 Å². The molecule has 3 heteroatoms. The van der Waals surface area contributed by atoms with Crippen LogP contribution in [-0.2, 0) is 0 Å². The maximum absolute atomic E-state index is 2.76. The van der Waals surface area contributed by atoms with Crippen molar-refractivity contribution in [1.29, 1.82) is 0 Å². The van der Waals surface area contributed by atoms with Crippen molar-refractivity contribution < 1.29 is 0 Å². The number of piperazine rings is 1. The molecule has 1 rings (SSSR count). The molecule has 144 valence electrons. The molecule has 0 spiro atoms. The first-order valence-electron chi connectivity index (χ1n) is 10.4. The van der Waals surface area contributed by atoms with Gasteiger partial charge in [-0.05, 0) is 85.5 Å². The summed E-state index contributed by atoms with van der Waals surface area (Å²) in [5.74, 6) is 1.64. The molecule has 0 amide bonds. The first-order chi connectivity index (χ1) is 11.2. The van der Waals surface area contributed by atoms with E-state index in [0.29, 0.717) is 18.1 Å². The average molecular weight is 340 g/mol. The fourth-order valence-corrected chi connectivity index (χ4v) is 3.73. The predicted octanol–water partition coefficient (Wildman–Crippen LogP) is 4.18. The maximum atomic E-state index is 2.76. The molecular weight excluding hydrogens is 294 g/mol. The third-order valence-corrected chi connectivity index (χ3v) is 5.94. The van der Waals surface area contributed by atoms with Crippen LogP contribution in [0.15, 0.2) is 0 Å². The number of nitrogens with zero attached hydrogens (tertiary/aromatic N) is 3. The standard InChI is InChI=1S/C21H45N3/c1-17(2)9-13-23-15-20(6)24(21(7)16-23)14-11-19(5)10-12-22(8)18(3)4/h17-21H,9-16H2,1-8H3/t19?,20-,21+. The topological polar surface area (TPSA) is 9.72 Å². The van der Waals surface area contributed by atoms with Gasteiger partial charge in [-0.2, -0.15) is 0 Å². The Balaban J connectivity index is 2.32. The maximum Gasteiger partial charge on any atom is 0.0198 e. The zero-order valence-corrected chi connectivity index (χ0v) is 17.9. The van der Waals surface area contributed by atoms with Crippen LogP contribution in [0.5, 0.6) is 0 Å². The van der Waals surface area contributed by atoms with Crippen LogP contribution in [0.25, 0.3) is 0 Å². The minimum atomic E-state index is 0.663. The Labute approximate surface area is 152 Å². The zero-order chi connectivity index (χ0) is 18.3. The third kappa shape index (κ3) is 7.84. The van der Waals surface area contributed by atoms with Crippen molar-refractivity contribution in [2.75, 3.05) is 39.8 Å². The summed E-state index contributed by atoms with van der Waals surface area (Å²) in [5, 5.41) is 0. The molecular formula is C21H45N3. The van der Waals surface area contributed by atoms with Crippen LogP contribution in [0.3, 0.4) is 0 Å². The molecule has 1 unspecified atom stereocenters. The van der Waals surface area contributed by atoms with Gasteiger partial charge in [0.2, 0.25) is 0 Å². The van der Waals surface area contributed by atoms with Gasteiger partial charge in [-0.15, -0.1) is 0 Å². The zero-order valence-electron chi connectivity index (χ0n) is 17.9. The Morgan fingerprint density at radius 2 is 1.46 bits per heavy atom. The average Bonchev–Trinajstić information content (AvgIpc) is 2.49. The SMILES string of the molecule is CC(C)CCN1C[C@@H](C)N(CCC(C)CCN(C)C(C)C)[C@@H](C)C1.